The molecule has 0 saturated carbocycles. The number of unbranched alkanes of at least 4 members (excludes halogenated alkanes) is 3. The fraction of sp³-hybridized carbons (Fsp3) is 0.433. The average Bonchev–Trinajstić information content (AvgIpc) is 3.36. The van der Waals surface area contributed by atoms with Crippen molar-refractivity contribution in [3.05, 3.63) is 53.2 Å². The molecule has 0 bridgehead atoms. The van der Waals surface area contributed by atoms with E-state index in [1.165, 1.54) is 6.07 Å². The molecule has 0 spiro atoms. The average molecular weight is 553 g/mol. The van der Waals surface area contributed by atoms with Crippen molar-refractivity contribution in [2.45, 2.75) is 65.3 Å². The molecule has 0 atom stereocenters. The van der Waals surface area contributed by atoms with Crippen molar-refractivity contribution in [3.63, 3.8) is 0 Å². The molecule has 2 amide bonds. The van der Waals surface area contributed by atoms with Crippen LogP contribution in [-0.2, 0) is 11.3 Å². The topological polar surface area (TPSA) is 148 Å². The molecule has 0 saturated heterocycles. The van der Waals surface area contributed by atoms with E-state index in [-0.39, 0.29) is 40.7 Å². The van der Waals surface area contributed by atoms with Gasteiger partial charge in [0.1, 0.15) is 11.5 Å². The maximum Gasteiger partial charge on any atom is 0.274 e. The van der Waals surface area contributed by atoms with Gasteiger partial charge in [-0.1, -0.05) is 56.1 Å². The van der Waals surface area contributed by atoms with Crippen molar-refractivity contribution in [3.8, 4) is 33.9 Å². The fourth-order valence-electron chi connectivity index (χ4n) is 4.62. The lowest BCUT2D eigenvalue weighted by molar-refractivity contribution is -0.129. The predicted molar refractivity (Wildman–Crippen MR) is 152 cm³/mol. The minimum absolute atomic E-state index is 0.00221. The molecule has 0 fully saturated rings. The molecule has 0 unspecified atom stereocenters. The molecular formula is C30H40N4O6. The number of hydroxylamine groups is 1. The summed E-state index contributed by atoms with van der Waals surface area (Å²) in [5.41, 5.74) is 5.05. The fourth-order valence-corrected chi connectivity index (χ4v) is 4.62. The largest absolute Gasteiger partial charge is 0.508 e. The van der Waals surface area contributed by atoms with Gasteiger partial charge in [-0.3, -0.25) is 14.8 Å². The molecule has 0 radical (unpaired) electrons. The molecule has 216 valence electrons. The lowest BCUT2D eigenvalue weighted by Crippen LogP contribution is -2.23. The highest BCUT2D eigenvalue weighted by Gasteiger charge is 2.27. The van der Waals surface area contributed by atoms with Gasteiger partial charge in [0, 0.05) is 25.6 Å². The number of nitrogens with zero attached hydrogens (tertiary/aromatic N) is 2. The summed E-state index contributed by atoms with van der Waals surface area (Å²) in [4.78, 5) is 26.1. The number of benzene rings is 2. The Morgan fingerprint density at radius 2 is 1.73 bits per heavy atom. The summed E-state index contributed by atoms with van der Waals surface area (Å²) >= 11 is 0. The van der Waals surface area contributed by atoms with Gasteiger partial charge in [0.25, 0.3) is 5.91 Å². The van der Waals surface area contributed by atoms with Crippen molar-refractivity contribution >= 4 is 11.8 Å². The van der Waals surface area contributed by atoms with Gasteiger partial charge in [0.05, 0.1) is 11.1 Å². The highest BCUT2D eigenvalue weighted by molar-refractivity contribution is 6.02. The minimum Gasteiger partial charge on any atom is -0.508 e. The van der Waals surface area contributed by atoms with E-state index in [1.54, 1.807) is 11.5 Å². The van der Waals surface area contributed by atoms with E-state index in [0.29, 0.717) is 29.7 Å². The lowest BCUT2D eigenvalue weighted by atomic mass is 9.94. The van der Waals surface area contributed by atoms with Crippen LogP contribution in [0.25, 0.3) is 22.5 Å². The number of carbonyl (C=O) groups is 2. The molecule has 0 aliphatic rings. The normalized spacial score (nSPS) is 11.3. The summed E-state index contributed by atoms with van der Waals surface area (Å²) in [5, 5.41) is 36.4. The van der Waals surface area contributed by atoms with Gasteiger partial charge in [0.15, 0.2) is 11.5 Å². The number of rotatable bonds is 14. The van der Waals surface area contributed by atoms with E-state index in [0.717, 1.165) is 49.9 Å². The zero-order valence-corrected chi connectivity index (χ0v) is 23.7. The van der Waals surface area contributed by atoms with E-state index >= 15 is 0 Å². The van der Waals surface area contributed by atoms with Gasteiger partial charge in [-0.05, 0) is 62.0 Å². The smallest absolute Gasteiger partial charge is 0.274 e. The Balaban J connectivity index is 1.79. The zero-order valence-electron chi connectivity index (χ0n) is 23.7. The summed E-state index contributed by atoms with van der Waals surface area (Å²) in [7, 11) is 2.05. The monoisotopic (exact) mass is 552 g/mol. The summed E-state index contributed by atoms with van der Waals surface area (Å²) in [5.74, 6) is -0.659. The number of phenols is 2. The van der Waals surface area contributed by atoms with Crippen LogP contribution in [0.3, 0.4) is 0 Å². The first kappa shape index (κ1) is 30.6. The Kier molecular flexibility index (Phi) is 11.1. The first-order chi connectivity index (χ1) is 19.2. The maximum absolute atomic E-state index is 12.9. The van der Waals surface area contributed by atoms with Crippen molar-refractivity contribution in [1.82, 2.24) is 20.9 Å². The van der Waals surface area contributed by atoms with Crippen LogP contribution >= 0.6 is 0 Å². The number of aromatic hydroxyl groups is 2. The van der Waals surface area contributed by atoms with Crippen LogP contribution in [-0.4, -0.2) is 57.4 Å². The Hall–Kier alpha value is -3.89. The summed E-state index contributed by atoms with van der Waals surface area (Å²) in [6.07, 6.45) is 4.02. The van der Waals surface area contributed by atoms with E-state index in [2.05, 4.69) is 22.4 Å². The van der Waals surface area contributed by atoms with Gasteiger partial charge in [-0.2, -0.15) is 0 Å². The third-order valence-electron chi connectivity index (χ3n) is 6.77. The molecule has 0 aliphatic heterocycles. The molecule has 1 heterocycles. The SMILES string of the molecule is CCNC(=O)c1noc(-c2cc(C(C)C)c(O)cc2O)c1-c1ccc(CN(C)CCCCCCC(=O)NO)cc1. The van der Waals surface area contributed by atoms with Crippen LogP contribution < -0.4 is 10.8 Å². The molecule has 5 N–H and O–H groups in total. The second-order valence-corrected chi connectivity index (χ2v) is 10.3. The van der Waals surface area contributed by atoms with Crippen LogP contribution in [0, 0.1) is 0 Å². The van der Waals surface area contributed by atoms with Gasteiger partial charge < -0.3 is 25.0 Å². The second-order valence-electron chi connectivity index (χ2n) is 10.3. The first-order valence-electron chi connectivity index (χ1n) is 13.7. The number of hydrogen-bond acceptors (Lipinski definition) is 8. The predicted octanol–water partition coefficient (Wildman–Crippen LogP) is 5.18. The molecule has 3 aromatic rings. The number of hydrogen-bond donors (Lipinski definition) is 5. The third kappa shape index (κ3) is 7.83. The number of aromatic nitrogens is 1. The van der Waals surface area contributed by atoms with Crippen molar-refractivity contribution in [2.75, 3.05) is 20.1 Å². The number of nitrogens with one attached hydrogen (secondary N) is 2. The van der Waals surface area contributed by atoms with Crippen LogP contribution in [0.5, 0.6) is 11.5 Å². The quantitative estimate of drug-likeness (QED) is 0.104. The molecule has 1 aromatic heterocycles. The second kappa shape index (κ2) is 14.5. The summed E-state index contributed by atoms with van der Waals surface area (Å²) < 4.78 is 5.65. The van der Waals surface area contributed by atoms with Crippen LogP contribution in [0.2, 0.25) is 0 Å². The lowest BCUT2D eigenvalue weighted by Gasteiger charge is -2.17. The molecule has 2 aromatic carbocycles. The van der Waals surface area contributed by atoms with Gasteiger partial charge in [0.2, 0.25) is 5.91 Å². The molecule has 3 rings (SSSR count). The van der Waals surface area contributed by atoms with Gasteiger partial charge in [-0.15, -0.1) is 0 Å². The standard InChI is InChI=1S/C30H40N4O6/c1-5-31-30(38)28-27(29(40-33-28)23-16-22(19(2)3)24(35)17-25(23)36)21-13-11-20(12-14-21)18-34(4)15-9-7-6-8-10-26(37)32-39/h11-14,16-17,19,35-36,39H,5-10,15,18H2,1-4H3,(H,31,38)(H,32,37). The van der Waals surface area contributed by atoms with E-state index in [4.69, 9.17) is 9.73 Å². The molecule has 40 heavy (non-hydrogen) atoms. The van der Waals surface area contributed by atoms with Crippen LogP contribution in [0.1, 0.15) is 80.4 Å². The van der Waals surface area contributed by atoms with E-state index in [1.807, 2.05) is 45.0 Å². The van der Waals surface area contributed by atoms with Crippen LogP contribution in [0.15, 0.2) is 40.9 Å². The highest BCUT2D eigenvalue weighted by atomic mass is 16.5. The van der Waals surface area contributed by atoms with Crippen molar-refractivity contribution in [1.29, 1.82) is 0 Å². The van der Waals surface area contributed by atoms with E-state index < -0.39 is 0 Å². The molecular weight excluding hydrogens is 512 g/mol. The number of carbonyl (C=O) groups excluding carboxylic acids is 2. The molecule has 0 aliphatic carbocycles. The third-order valence-corrected chi connectivity index (χ3v) is 6.77. The number of amides is 2. The summed E-state index contributed by atoms with van der Waals surface area (Å²) in [6, 6.07) is 10.8. The van der Waals surface area contributed by atoms with Crippen LogP contribution in [0.4, 0.5) is 0 Å². The van der Waals surface area contributed by atoms with Gasteiger partial charge in [-0.25, -0.2) is 5.48 Å². The Morgan fingerprint density at radius 1 is 1.02 bits per heavy atom. The Labute approximate surface area is 235 Å². The van der Waals surface area contributed by atoms with Crippen molar-refractivity contribution < 1.29 is 29.5 Å². The first-order valence-corrected chi connectivity index (χ1v) is 13.7. The van der Waals surface area contributed by atoms with Crippen molar-refractivity contribution in [2.24, 2.45) is 0 Å². The Morgan fingerprint density at radius 3 is 2.38 bits per heavy atom. The van der Waals surface area contributed by atoms with Gasteiger partial charge >= 0.3 is 0 Å². The number of phenolic OH excluding ortho intramolecular Hbond substituents is 2. The molecule has 10 heteroatoms. The highest BCUT2D eigenvalue weighted by Crippen LogP contribution is 2.43. The Bertz CT molecular complexity index is 1290. The van der Waals surface area contributed by atoms with E-state index in [9.17, 15) is 19.8 Å². The zero-order chi connectivity index (χ0) is 29.2. The summed E-state index contributed by atoms with van der Waals surface area (Å²) in [6.45, 7) is 7.76. The minimum atomic E-state index is -0.379. The maximum atomic E-state index is 12.9. The molecule has 10 nitrogen and oxygen atoms in total.